The maximum Gasteiger partial charge on any atom is 0.264 e. The van der Waals surface area contributed by atoms with E-state index in [2.05, 4.69) is 10.3 Å². The molecule has 1 fully saturated rings. The standard InChI is InChI=1S/C20H20N2O3S/c1-4-25-15-8-6-14(7-9-15)12-18-19(23)22-20(26-18)21-16-11-13(2)5-10-17(16)24-3/h5-12H,4H2,1-3H3,(H,21,22,23)/b18-12-. The van der Waals surface area contributed by atoms with Crippen molar-refractivity contribution in [3.8, 4) is 11.5 Å². The summed E-state index contributed by atoms with van der Waals surface area (Å²) in [4.78, 5) is 17.4. The Hall–Kier alpha value is -2.73. The fourth-order valence-electron chi connectivity index (χ4n) is 2.46. The second-order valence-electron chi connectivity index (χ2n) is 5.66. The molecule has 26 heavy (non-hydrogen) atoms. The van der Waals surface area contributed by atoms with Gasteiger partial charge in [0.05, 0.1) is 18.6 Å². The van der Waals surface area contributed by atoms with Crippen LogP contribution in [-0.2, 0) is 4.79 Å². The van der Waals surface area contributed by atoms with Gasteiger partial charge in [0.25, 0.3) is 5.91 Å². The molecule has 134 valence electrons. The van der Waals surface area contributed by atoms with Crippen molar-refractivity contribution in [2.45, 2.75) is 13.8 Å². The van der Waals surface area contributed by atoms with E-state index in [-0.39, 0.29) is 5.91 Å². The van der Waals surface area contributed by atoms with E-state index in [0.717, 1.165) is 16.9 Å². The van der Waals surface area contributed by atoms with Crippen LogP contribution in [0.15, 0.2) is 52.4 Å². The monoisotopic (exact) mass is 368 g/mol. The van der Waals surface area contributed by atoms with Gasteiger partial charge in [0.1, 0.15) is 17.2 Å². The lowest BCUT2D eigenvalue weighted by atomic mass is 10.2. The number of carbonyl (C=O) groups excluding carboxylic acids is 1. The molecule has 0 atom stereocenters. The lowest BCUT2D eigenvalue weighted by molar-refractivity contribution is -0.115. The predicted molar refractivity (Wildman–Crippen MR) is 106 cm³/mol. The first-order valence-electron chi connectivity index (χ1n) is 8.26. The van der Waals surface area contributed by atoms with Crippen molar-refractivity contribution in [2.24, 2.45) is 4.99 Å². The quantitative estimate of drug-likeness (QED) is 0.800. The molecule has 2 aromatic rings. The van der Waals surface area contributed by atoms with E-state index in [9.17, 15) is 4.79 Å². The van der Waals surface area contributed by atoms with Crippen molar-refractivity contribution in [1.29, 1.82) is 0 Å². The first-order valence-corrected chi connectivity index (χ1v) is 9.08. The van der Waals surface area contributed by atoms with Gasteiger partial charge in [-0.15, -0.1) is 0 Å². The summed E-state index contributed by atoms with van der Waals surface area (Å²) >= 11 is 1.31. The molecular formula is C20H20N2O3S. The molecule has 1 amide bonds. The number of thioether (sulfide) groups is 1. The van der Waals surface area contributed by atoms with Crippen LogP contribution in [0.4, 0.5) is 5.69 Å². The number of nitrogens with one attached hydrogen (secondary N) is 1. The molecule has 6 heteroatoms. The molecular weight excluding hydrogens is 348 g/mol. The molecule has 1 aliphatic heterocycles. The van der Waals surface area contributed by atoms with Gasteiger partial charge in [-0.05, 0) is 67.1 Å². The fourth-order valence-corrected chi connectivity index (χ4v) is 3.29. The zero-order valence-electron chi connectivity index (χ0n) is 14.9. The van der Waals surface area contributed by atoms with E-state index in [0.29, 0.717) is 28.1 Å². The number of aliphatic imine (C=N–C) groups is 1. The van der Waals surface area contributed by atoms with Crippen LogP contribution in [0.2, 0.25) is 0 Å². The van der Waals surface area contributed by atoms with Crippen LogP contribution in [0.1, 0.15) is 18.1 Å². The summed E-state index contributed by atoms with van der Waals surface area (Å²) in [6, 6.07) is 13.4. The number of benzene rings is 2. The Balaban J connectivity index is 1.81. The molecule has 2 aromatic carbocycles. The molecule has 0 aromatic heterocycles. The van der Waals surface area contributed by atoms with Gasteiger partial charge in [-0.25, -0.2) is 4.99 Å². The van der Waals surface area contributed by atoms with Crippen molar-refractivity contribution in [3.05, 3.63) is 58.5 Å². The maximum absolute atomic E-state index is 12.2. The van der Waals surface area contributed by atoms with E-state index in [1.165, 1.54) is 11.8 Å². The average molecular weight is 368 g/mol. The third kappa shape index (κ3) is 4.26. The Morgan fingerprint density at radius 3 is 2.65 bits per heavy atom. The van der Waals surface area contributed by atoms with Gasteiger partial charge in [0.15, 0.2) is 5.17 Å². The van der Waals surface area contributed by atoms with Gasteiger partial charge in [-0.3, -0.25) is 4.79 Å². The Morgan fingerprint density at radius 2 is 1.96 bits per heavy atom. The molecule has 0 aliphatic carbocycles. The van der Waals surface area contributed by atoms with Crippen molar-refractivity contribution >= 4 is 34.6 Å². The first kappa shape index (κ1) is 18.1. The first-order chi connectivity index (χ1) is 12.6. The summed E-state index contributed by atoms with van der Waals surface area (Å²) < 4.78 is 10.8. The van der Waals surface area contributed by atoms with Crippen molar-refractivity contribution in [3.63, 3.8) is 0 Å². The summed E-state index contributed by atoms with van der Waals surface area (Å²) in [6.45, 7) is 4.56. The summed E-state index contributed by atoms with van der Waals surface area (Å²) in [5, 5.41) is 3.34. The molecule has 3 rings (SSSR count). The summed E-state index contributed by atoms with van der Waals surface area (Å²) in [7, 11) is 1.60. The Kier molecular flexibility index (Phi) is 5.63. The largest absolute Gasteiger partial charge is 0.494 e. The molecule has 1 aliphatic rings. The summed E-state index contributed by atoms with van der Waals surface area (Å²) in [5.41, 5.74) is 2.70. The number of methoxy groups -OCH3 is 1. The topological polar surface area (TPSA) is 59.9 Å². The van der Waals surface area contributed by atoms with E-state index < -0.39 is 0 Å². The van der Waals surface area contributed by atoms with Gasteiger partial charge in [0.2, 0.25) is 0 Å². The number of hydrogen-bond donors (Lipinski definition) is 1. The van der Waals surface area contributed by atoms with Gasteiger partial charge < -0.3 is 14.8 Å². The van der Waals surface area contributed by atoms with Crippen molar-refractivity contribution < 1.29 is 14.3 Å². The third-order valence-electron chi connectivity index (χ3n) is 3.70. The predicted octanol–water partition coefficient (Wildman–Crippen LogP) is 4.29. The number of amidine groups is 1. The van der Waals surface area contributed by atoms with Crippen molar-refractivity contribution in [2.75, 3.05) is 13.7 Å². The number of hydrogen-bond acceptors (Lipinski definition) is 5. The number of nitrogens with zero attached hydrogens (tertiary/aromatic N) is 1. The minimum absolute atomic E-state index is 0.158. The number of carbonyl (C=O) groups is 1. The van der Waals surface area contributed by atoms with Crippen LogP contribution in [0.25, 0.3) is 6.08 Å². The van der Waals surface area contributed by atoms with Gasteiger partial charge >= 0.3 is 0 Å². The summed E-state index contributed by atoms with van der Waals surface area (Å²) in [6.07, 6.45) is 1.84. The van der Waals surface area contributed by atoms with Gasteiger partial charge in [-0.1, -0.05) is 18.2 Å². The maximum atomic E-state index is 12.2. The number of ether oxygens (including phenoxy) is 2. The highest BCUT2D eigenvalue weighted by Crippen LogP contribution is 2.33. The average Bonchev–Trinajstić information content (AvgIpc) is 2.96. The lowest BCUT2D eigenvalue weighted by Crippen LogP contribution is -2.19. The SMILES string of the molecule is CCOc1ccc(/C=C2\SC(=Nc3cc(C)ccc3OC)NC2=O)cc1. The number of rotatable bonds is 5. The van der Waals surface area contributed by atoms with E-state index >= 15 is 0 Å². The normalized spacial score (nSPS) is 16.8. The van der Waals surface area contributed by atoms with E-state index in [4.69, 9.17) is 9.47 Å². The van der Waals surface area contributed by atoms with Crippen LogP contribution < -0.4 is 14.8 Å². The third-order valence-corrected chi connectivity index (χ3v) is 4.61. The molecule has 1 heterocycles. The lowest BCUT2D eigenvalue weighted by Gasteiger charge is -2.05. The van der Waals surface area contributed by atoms with Crippen LogP contribution in [0.5, 0.6) is 11.5 Å². The molecule has 1 saturated heterocycles. The highest BCUT2D eigenvalue weighted by molar-refractivity contribution is 8.18. The zero-order valence-corrected chi connectivity index (χ0v) is 15.7. The molecule has 0 bridgehead atoms. The molecule has 0 radical (unpaired) electrons. The second-order valence-corrected chi connectivity index (χ2v) is 6.69. The zero-order chi connectivity index (χ0) is 18.5. The smallest absolute Gasteiger partial charge is 0.264 e. The van der Waals surface area contributed by atoms with Gasteiger partial charge in [0, 0.05) is 0 Å². The molecule has 1 N–H and O–H groups in total. The van der Waals surface area contributed by atoms with Crippen LogP contribution in [0, 0.1) is 6.92 Å². The van der Waals surface area contributed by atoms with Crippen LogP contribution >= 0.6 is 11.8 Å². The highest BCUT2D eigenvalue weighted by Gasteiger charge is 2.24. The molecule has 0 unspecified atom stereocenters. The van der Waals surface area contributed by atoms with Gasteiger partial charge in [-0.2, -0.15) is 0 Å². The van der Waals surface area contributed by atoms with E-state index in [1.807, 2.05) is 62.4 Å². The Bertz CT molecular complexity index is 873. The minimum atomic E-state index is -0.158. The molecule has 0 saturated carbocycles. The number of amides is 1. The summed E-state index contributed by atoms with van der Waals surface area (Å²) in [5.74, 6) is 1.32. The highest BCUT2D eigenvalue weighted by atomic mass is 32.2. The van der Waals surface area contributed by atoms with Crippen molar-refractivity contribution in [1.82, 2.24) is 5.32 Å². The van der Waals surface area contributed by atoms with E-state index in [1.54, 1.807) is 7.11 Å². The molecule has 5 nitrogen and oxygen atoms in total. The van der Waals surface area contributed by atoms with Crippen LogP contribution in [0.3, 0.4) is 0 Å². The fraction of sp³-hybridized carbons (Fsp3) is 0.200. The minimum Gasteiger partial charge on any atom is -0.494 e. The second kappa shape index (κ2) is 8.10. The molecule has 0 spiro atoms. The van der Waals surface area contributed by atoms with Crippen LogP contribution in [-0.4, -0.2) is 24.8 Å². The number of aryl methyl sites for hydroxylation is 1. The Labute approximate surface area is 157 Å². The Morgan fingerprint density at radius 1 is 1.19 bits per heavy atom.